The summed E-state index contributed by atoms with van der Waals surface area (Å²) in [7, 11) is 0. The van der Waals surface area contributed by atoms with Crippen LogP contribution >= 0.6 is 0 Å². The van der Waals surface area contributed by atoms with E-state index in [0.29, 0.717) is 118 Å². The monoisotopic (exact) mass is 572 g/mol. The van der Waals surface area contributed by atoms with Crippen LogP contribution in [0.4, 0.5) is 0 Å². The maximum Gasteiger partial charge on any atom is 0.254 e. The van der Waals surface area contributed by atoms with Crippen molar-refractivity contribution in [3.63, 3.8) is 0 Å². The quantitative estimate of drug-likeness (QED) is 0.310. The number of nitrogens with zero attached hydrogens (tertiary/aromatic N) is 2. The molecule has 0 aliphatic carbocycles. The van der Waals surface area contributed by atoms with Crippen LogP contribution in [0.1, 0.15) is 68.7 Å². The summed E-state index contributed by atoms with van der Waals surface area (Å²) in [6, 6.07) is 6.82. The van der Waals surface area contributed by atoms with Crippen LogP contribution in [-0.2, 0) is 0 Å². The highest BCUT2D eigenvalue weighted by atomic mass is 16.5. The Morgan fingerprint density at radius 2 is 0.805 bits per heavy atom. The first-order valence-corrected chi connectivity index (χ1v) is 14.6. The fraction of sp³-hybridized carbons (Fsp3) is 0.548. The number of amides is 2. The largest absolute Gasteiger partial charge is 0.490 e. The Bertz CT molecular complexity index is 1030. The summed E-state index contributed by atoms with van der Waals surface area (Å²) in [5, 5.41) is 0. The van der Waals surface area contributed by atoms with Crippen LogP contribution in [0.2, 0.25) is 0 Å². The molecule has 1 fully saturated rings. The molecular weight excluding hydrogens is 528 g/mol. The van der Waals surface area contributed by atoms with Gasteiger partial charge in [0.2, 0.25) is 11.5 Å². The van der Waals surface area contributed by atoms with Gasteiger partial charge in [-0.1, -0.05) is 0 Å². The Hall–Kier alpha value is -3.82. The van der Waals surface area contributed by atoms with Crippen molar-refractivity contribution in [3.8, 4) is 34.5 Å². The lowest BCUT2D eigenvalue weighted by molar-refractivity contribution is 0.0717. The average Bonchev–Trinajstić information content (AvgIpc) is 3.22. The lowest BCUT2D eigenvalue weighted by Gasteiger charge is -2.24. The third kappa shape index (κ3) is 7.89. The van der Waals surface area contributed by atoms with E-state index in [-0.39, 0.29) is 11.8 Å². The molecule has 10 nitrogen and oxygen atoms in total. The number of benzene rings is 2. The van der Waals surface area contributed by atoms with Crippen molar-refractivity contribution in [2.45, 2.75) is 48.0 Å². The second kappa shape index (κ2) is 15.8. The molecule has 10 heteroatoms. The van der Waals surface area contributed by atoms with Crippen molar-refractivity contribution in [2.75, 3.05) is 65.8 Å². The molecule has 41 heavy (non-hydrogen) atoms. The van der Waals surface area contributed by atoms with Gasteiger partial charge in [-0.25, -0.2) is 0 Å². The van der Waals surface area contributed by atoms with Crippen LogP contribution in [-0.4, -0.2) is 87.4 Å². The van der Waals surface area contributed by atoms with E-state index in [2.05, 4.69) is 0 Å². The zero-order chi connectivity index (χ0) is 29.8. The molecule has 1 heterocycles. The molecule has 2 amide bonds. The molecule has 0 radical (unpaired) electrons. The summed E-state index contributed by atoms with van der Waals surface area (Å²) in [6.07, 6.45) is 0.638. The molecule has 1 aliphatic rings. The van der Waals surface area contributed by atoms with Gasteiger partial charge in [0.15, 0.2) is 23.0 Å². The molecule has 0 saturated carbocycles. The van der Waals surface area contributed by atoms with E-state index in [9.17, 15) is 9.59 Å². The highest BCUT2D eigenvalue weighted by Gasteiger charge is 2.27. The lowest BCUT2D eigenvalue weighted by Crippen LogP contribution is -2.37. The summed E-state index contributed by atoms with van der Waals surface area (Å²) >= 11 is 0. The molecule has 0 aromatic heterocycles. The van der Waals surface area contributed by atoms with Gasteiger partial charge in [0.25, 0.3) is 11.8 Å². The number of ether oxygens (including phenoxy) is 6. The molecular formula is C31H44N2O8. The fourth-order valence-corrected chi connectivity index (χ4v) is 4.71. The van der Waals surface area contributed by atoms with Crippen molar-refractivity contribution >= 4 is 11.8 Å². The second-order valence-corrected chi connectivity index (χ2v) is 9.14. The number of carbonyl (C=O) groups is 2. The van der Waals surface area contributed by atoms with Crippen LogP contribution < -0.4 is 28.4 Å². The third-order valence-electron chi connectivity index (χ3n) is 6.38. The lowest BCUT2D eigenvalue weighted by atomic mass is 10.1. The molecule has 226 valence electrons. The Kier molecular flexibility index (Phi) is 12.2. The number of rotatable bonds is 14. The SMILES string of the molecule is CCOc1cc(C(=O)N2CCCN(C(=O)c3cc(OCC)c(OCC)c(OCC)c3)CC2)cc(OCC)c1OCC. The van der Waals surface area contributed by atoms with E-state index in [1.165, 1.54) is 0 Å². The zero-order valence-electron chi connectivity index (χ0n) is 25.2. The van der Waals surface area contributed by atoms with Crippen LogP contribution in [0.15, 0.2) is 24.3 Å². The number of hydrogen-bond donors (Lipinski definition) is 0. The van der Waals surface area contributed by atoms with Crippen molar-refractivity contribution in [3.05, 3.63) is 35.4 Å². The van der Waals surface area contributed by atoms with Crippen LogP contribution in [0.3, 0.4) is 0 Å². The Morgan fingerprint density at radius 1 is 0.512 bits per heavy atom. The summed E-state index contributed by atoms with van der Waals surface area (Å²) in [5.74, 6) is 2.58. The molecule has 0 atom stereocenters. The van der Waals surface area contributed by atoms with Crippen LogP contribution in [0.25, 0.3) is 0 Å². The summed E-state index contributed by atoms with van der Waals surface area (Å²) in [6.45, 7) is 15.7. The maximum atomic E-state index is 13.6. The molecule has 0 N–H and O–H groups in total. The highest BCUT2D eigenvalue weighted by Crippen LogP contribution is 2.40. The third-order valence-corrected chi connectivity index (χ3v) is 6.38. The predicted molar refractivity (Wildman–Crippen MR) is 156 cm³/mol. The van der Waals surface area contributed by atoms with Gasteiger partial charge in [-0.15, -0.1) is 0 Å². The molecule has 3 rings (SSSR count). The van der Waals surface area contributed by atoms with Gasteiger partial charge in [0.1, 0.15) is 0 Å². The van der Waals surface area contributed by atoms with Gasteiger partial charge in [-0.3, -0.25) is 9.59 Å². The molecule has 0 unspecified atom stereocenters. The van der Waals surface area contributed by atoms with Crippen molar-refractivity contribution < 1.29 is 38.0 Å². The number of carbonyl (C=O) groups excluding carboxylic acids is 2. The van der Waals surface area contributed by atoms with Crippen molar-refractivity contribution in [2.24, 2.45) is 0 Å². The highest BCUT2D eigenvalue weighted by molar-refractivity contribution is 5.97. The summed E-state index contributed by atoms with van der Waals surface area (Å²) in [5.41, 5.74) is 0.906. The molecule has 1 aliphatic heterocycles. The number of hydrogen-bond acceptors (Lipinski definition) is 8. The summed E-state index contributed by atoms with van der Waals surface area (Å²) < 4.78 is 34.7. The Labute approximate surface area is 243 Å². The molecule has 1 saturated heterocycles. The standard InChI is InChI=1S/C31H44N2O8/c1-7-36-24-18-22(19-25(37-8-2)28(24)40-11-5)30(34)32-14-13-15-33(17-16-32)31(35)23-20-26(38-9-3)29(41-12-6)27(21-23)39-10-4/h18-21H,7-17H2,1-6H3. The van der Waals surface area contributed by atoms with E-state index >= 15 is 0 Å². The van der Waals surface area contributed by atoms with E-state index in [1.54, 1.807) is 34.1 Å². The van der Waals surface area contributed by atoms with Crippen LogP contribution in [0, 0.1) is 0 Å². The maximum absolute atomic E-state index is 13.6. The minimum atomic E-state index is -0.150. The van der Waals surface area contributed by atoms with Crippen molar-refractivity contribution in [1.29, 1.82) is 0 Å². The normalized spacial score (nSPS) is 13.3. The smallest absolute Gasteiger partial charge is 0.254 e. The first-order valence-electron chi connectivity index (χ1n) is 14.6. The van der Waals surface area contributed by atoms with E-state index in [1.807, 2.05) is 41.5 Å². The van der Waals surface area contributed by atoms with Gasteiger partial charge in [-0.2, -0.15) is 0 Å². The molecule has 2 aromatic carbocycles. The minimum Gasteiger partial charge on any atom is -0.490 e. The second-order valence-electron chi connectivity index (χ2n) is 9.14. The summed E-state index contributed by atoms with van der Waals surface area (Å²) in [4.78, 5) is 30.8. The average molecular weight is 573 g/mol. The Balaban J connectivity index is 1.83. The molecule has 0 spiro atoms. The zero-order valence-corrected chi connectivity index (χ0v) is 25.2. The van der Waals surface area contributed by atoms with E-state index < -0.39 is 0 Å². The Morgan fingerprint density at radius 3 is 1.07 bits per heavy atom. The topological polar surface area (TPSA) is 96.0 Å². The van der Waals surface area contributed by atoms with Gasteiger partial charge in [-0.05, 0) is 72.2 Å². The van der Waals surface area contributed by atoms with E-state index in [0.717, 1.165) is 0 Å². The van der Waals surface area contributed by atoms with Gasteiger partial charge >= 0.3 is 0 Å². The molecule has 2 aromatic rings. The first-order chi connectivity index (χ1) is 19.9. The van der Waals surface area contributed by atoms with Crippen molar-refractivity contribution in [1.82, 2.24) is 9.80 Å². The van der Waals surface area contributed by atoms with Gasteiger partial charge < -0.3 is 38.2 Å². The van der Waals surface area contributed by atoms with Gasteiger partial charge in [0.05, 0.1) is 39.6 Å². The van der Waals surface area contributed by atoms with Crippen LogP contribution in [0.5, 0.6) is 34.5 Å². The minimum absolute atomic E-state index is 0.150. The predicted octanol–water partition coefficient (Wildman–Crippen LogP) is 5.07. The fourth-order valence-electron chi connectivity index (χ4n) is 4.71. The van der Waals surface area contributed by atoms with E-state index in [4.69, 9.17) is 28.4 Å². The first kappa shape index (κ1) is 31.7. The molecule has 0 bridgehead atoms. The van der Waals surface area contributed by atoms with Gasteiger partial charge in [0, 0.05) is 37.3 Å².